The van der Waals surface area contributed by atoms with Crippen molar-refractivity contribution >= 4 is 17.7 Å². The number of aliphatic carboxylic acids is 1. The molecular weight excluding hydrogens is 506 g/mol. The molecule has 1 aliphatic rings. The van der Waals surface area contributed by atoms with Crippen LogP contribution in [0.3, 0.4) is 0 Å². The van der Waals surface area contributed by atoms with Crippen LogP contribution in [0.2, 0.25) is 0 Å². The van der Waals surface area contributed by atoms with E-state index in [4.69, 9.17) is 4.74 Å². The third kappa shape index (κ3) is 7.16. The molecular formula is C29H36F2N4O4. The maximum atomic E-state index is 13.7. The summed E-state index contributed by atoms with van der Waals surface area (Å²) in [5.74, 6) is -4.26. The summed E-state index contributed by atoms with van der Waals surface area (Å²) in [5, 5.41) is 24.9. The summed E-state index contributed by atoms with van der Waals surface area (Å²) in [6.45, 7) is 6.63. The van der Waals surface area contributed by atoms with Gasteiger partial charge in [0.1, 0.15) is 17.4 Å². The van der Waals surface area contributed by atoms with Crippen LogP contribution in [0.4, 0.5) is 19.3 Å². The molecule has 39 heavy (non-hydrogen) atoms. The maximum absolute atomic E-state index is 13.7. The summed E-state index contributed by atoms with van der Waals surface area (Å²) in [5.41, 5.74) is 0.702. The first kappa shape index (κ1) is 29.7. The summed E-state index contributed by atoms with van der Waals surface area (Å²) in [4.78, 5) is 26.9. The average Bonchev–Trinajstić information content (AvgIpc) is 2.87. The van der Waals surface area contributed by atoms with E-state index in [9.17, 15) is 28.7 Å². The number of ether oxygens (including phenoxy) is 1. The van der Waals surface area contributed by atoms with Crippen molar-refractivity contribution in [2.45, 2.75) is 70.4 Å². The molecule has 0 saturated heterocycles. The second-order valence-corrected chi connectivity index (χ2v) is 9.86. The van der Waals surface area contributed by atoms with Crippen molar-refractivity contribution in [2.24, 2.45) is 0 Å². The number of alkyl halides is 2. The van der Waals surface area contributed by atoms with Gasteiger partial charge >= 0.3 is 12.0 Å². The Morgan fingerprint density at radius 1 is 1.18 bits per heavy atom. The van der Waals surface area contributed by atoms with E-state index in [1.54, 1.807) is 26.0 Å². The Labute approximate surface area is 228 Å². The van der Waals surface area contributed by atoms with Crippen molar-refractivity contribution in [3.8, 4) is 11.8 Å². The predicted molar refractivity (Wildman–Crippen MR) is 144 cm³/mol. The number of carbonyl (C=O) groups is 2. The standard InChI is InChI=1S/C29H36F2N4O4/c1-4-33-24-15-22(16-25(39-5-2)23(24)17-32)20(3)35(14-10-9-13-21-11-7-6-8-12-21)27(38)34-28(26(36)37)18-29(30,31)19-28/h6-8,11-12,15-16,20,33H,4-5,9-10,13-14,18-19H2,1-3H3,(H,34,38)(H,36,37)/t20-/m1/s1. The number of carboxylic acids is 1. The van der Waals surface area contributed by atoms with Crippen LogP contribution in [0.1, 0.15) is 69.2 Å². The second kappa shape index (κ2) is 12.8. The minimum atomic E-state index is -3.14. The summed E-state index contributed by atoms with van der Waals surface area (Å²) in [7, 11) is 0. The third-order valence-electron chi connectivity index (χ3n) is 6.95. The smallest absolute Gasteiger partial charge is 0.329 e. The van der Waals surface area contributed by atoms with E-state index >= 15 is 0 Å². The predicted octanol–water partition coefficient (Wildman–Crippen LogP) is 5.74. The molecule has 0 aliphatic heterocycles. The van der Waals surface area contributed by atoms with Gasteiger partial charge in [-0.3, -0.25) is 0 Å². The largest absolute Gasteiger partial charge is 0.492 e. The van der Waals surface area contributed by atoms with E-state index in [0.717, 1.165) is 18.4 Å². The normalized spacial score (nSPS) is 15.8. The van der Waals surface area contributed by atoms with Gasteiger partial charge in [0.05, 0.1) is 18.3 Å². The molecule has 2 aromatic carbocycles. The van der Waals surface area contributed by atoms with Crippen LogP contribution in [-0.4, -0.2) is 53.2 Å². The molecule has 3 rings (SSSR count). The summed E-state index contributed by atoms with van der Waals surface area (Å²) in [6, 6.07) is 14.2. The van der Waals surface area contributed by atoms with Gasteiger partial charge in [-0.25, -0.2) is 18.4 Å². The number of carboxylic acid groups (broad SMARTS) is 1. The summed E-state index contributed by atoms with van der Waals surface area (Å²) < 4.78 is 33.1. The molecule has 1 fully saturated rings. The highest BCUT2D eigenvalue weighted by molar-refractivity contribution is 5.88. The van der Waals surface area contributed by atoms with E-state index in [0.29, 0.717) is 42.1 Å². The topological polar surface area (TPSA) is 115 Å². The van der Waals surface area contributed by atoms with E-state index in [1.165, 1.54) is 4.90 Å². The third-order valence-corrected chi connectivity index (χ3v) is 6.95. The van der Waals surface area contributed by atoms with Gasteiger partial charge in [-0.2, -0.15) is 5.26 Å². The van der Waals surface area contributed by atoms with Gasteiger partial charge in [0, 0.05) is 25.9 Å². The van der Waals surface area contributed by atoms with Crippen LogP contribution in [0.5, 0.6) is 5.75 Å². The van der Waals surface area contributed by atoms with E-state index in [-0.39, 0.29) is 6.54 Å². The van der Waals surface area contributed by atoms with Gasteiger partial charge in [-0.05, 0) is 63.3 Å². The monoisotopic (exact) mass is 542 g/mol. The lowest BCUT2D eigenvalue weighted by Crippen LogP contribution is -2.68. The molecule has 0 bridgehead atoms. The Bertz CT molecular complexity index is 1160. The first-order valence-corrected chi connectivity index (χ1v) is 13.2. The number of hydrogen-bond acceptors (Lipinski definition) is 5. The van der Waals surface area contributed by atoms with Crippen molar-refractivity contribution < 1.29 is 28.2 Å². The molecule has 1 atom stereocenters. The number of carbonyl (C=O) groups excluding carboxylic acids is 1. The number of nitrogens with zero attached hydrogens (tertiary/aromatic N) is 2. The minimum Gasteiger partial charge on any atom is -0.492 e. The molecule has 1 aliphatic carbocycles. The average molecular weight is 543 g/mol. The van der Waals surface area contributed by atoms with E-state index in [1.807, 2.05) is 37.3 Å². The lowest BCUT2D eigenvalue weighted by Gasteiger charge is -2.45. The molecule has 0 unspecified atom stereocenters. The van der Waals surface area contributed by atoms with Gasteiger partial charge in [0.25, 0.3) is 5.92 Å². The zero-order chi connectivity index (χ0) is 28.6. The Morgan fingerprint density at radius 3 is 2.44 bits per heavy atom. The zero-order valence-electron chi connectivity index (χ0n) is 22.6. The van der Waals surface area contributed by atoms with Gasteiger partial charge in [0.15, 0.2) is 5.54 Å². The molecule has 210 valence electrons. The number of aryl methyl sites for hydroxylation is 1. The fourth-order valence-corrected chi connectivity index (χ4v) is 4.90. The molecule has 8 nitrogen and oxygen atoms in total. The van der Waals surface area contributed by atoms with Crippen LogP contribution in [0.25, 0.3) is 0 Å². The Morgan fingerprint density at radius 2 is 1.87 bits per heavy atom. The van der Waals surface area contributed by atoms with Crippen LogP contribution in [0.15, 0.2) is 42.5 Å². The van der Waals surface area contributed by atoms with Crippen molar-refractivity contribution in [1.82, 2.24) is 10.2 Å². The fourth-order valence-electron chi connectivity index (χ4n) is 4.90. The molecule has 0 heterocycles. The van der Waals surface area contributed by atoms with Gasteiger partial charge in [0.2, 0.25) is 0 Å². The Kier molecular flexibility index (Phi) is 9.73. The summed E-state index contributed by atoms with van der Waals surface area (Å²) in [6.07, 6.45) is 0.271. The number of nitriles is 1. The highest BCUT2D eigenvalue weighted by Crippen LogP contribution is 2.46. The number of urea groups is 1. The molecule has 2 amide bonds. The van der Waals surface area contributed by atoms with Crippen LogP contribution in [0, 0.1) is 11.3 Å². The number of rotatable bonds is 13. The first-order valence-electron chi connectivity index (χ1n) is 13.2. The SMILES string of the molecule is CCNc1cc([C@@H](C)N(CCCCc2ccccc2)C(=O)NC2(C(=O)O)CC(F)(F)C2)cc(OCC)c1C#N. The quantitative estimate of drug-likeness (QED) is 0.278. The van der Waals surface area contributed by atoms with Crippen molar-refractivity contribution in [3.05, 3.63) is 59.2 Å². The Hall–Kier alpha value is -3.87. The highest BCUT2D eigenvalue weighted by atomic mass is 19.3. The Balaban J connectivity index is 1.88. The van der Waals surface area contributed by atoms with Crippen LogP contribution < -0.4 is 15.4 Å². The molecule has 2 aromatic rings. The molecule has 10 heteroatoms. The zero-order valence-corrected chi connectivity index (χ0v) is 22.6. The minimum absolute atomic E-state index is 0.270. The highest BCUT2D eigenvalue weighted by Gasteiger charge is 2.62. The van der Waals surface area contributed by atoms with Crippen LogP contribution in [-0.2, 0) is 11.2 Å². The lowest BCUT2D eigenvalue weighted by molar-refractivity contribution is -0.175. The number of hydrogen-bond donors (Lipinski definition) is 3. The van der Waals surface area contributed by atoms with E-state index < -0.39 is 42.3 Å². The van der Waals surface area contributed by atoms with Crippen molar-refractivity contribution in [1.29, 1.82) is 5.26 Å². The molecule has 0 spiro atoms. The first-order chi connectivity index (χ1) is 18.6. The molecule has 0 radical (unpaired) electrons. The fraction of sp³-hybridized carbons (Fsp3) is 0.483. The van der Waals surface area contributed by atoms with Gasteiger partial charge in [-0.15, -0.1) is 0 Å². The van der Waals surface area contributed by atoms with Gasteiger partial charge in [-0.1, -0.05) is 30.3 Å². The second-order valence-electron chi connectivity index (χ2n) is 9.86. The number of halogens is 2. The maximum Gasteiger partial charge on any atom is 0.329 e. The van der Waals surface area contributed by atoms with E-state index in [2.05, 4.69) is 16.7 Å². The van der Waals surface area contributed by atoms with Crippen LogP contribution >= 0.6 is 0 Å². The van der Waals surface area contributed by atoms with Crippen molar-refractivity contribution in [2.75, 3.05) is 25.0 Å². The lowest BCUT2D eigenvalue weighted by atomic mass is 9.73. The van der Waals surface area contributed by atoms with Crippen molar-refractivity contribution in [3.63, 3.8) is 0 Å². The number of unbranched alkanes of at least 4 members (excludes halogenated alkanes) is 1. The number of nitrogens with one attached hydrogen (secondary N) is 2. The number of benzene rings is 2. The molecule has 1 saturated carbocycles. The number of anilines is 1. The molecule has 0 aromatic heterocycles. The summed E-state index contributed by atoms with van der Waals surface area (Å²) >= 11 is 0. The molecule has 3 N–H and O–H groups in total. The van der Waals surface area contributed by atoms with Gasteiger partial charge < -0.3 is 25.4 Å². The number of amides is 2.